The summed E-state index contributed by atoms with van der Waals surface area (Å²) >= 11 is 1.76. The Hall–Kier alpha value is -2.27. The summed E-state index contributed by atoms with van der Waals surface area (Å²) in [6.07, 6.45) is 2.70. The normalized spacial score (nSPS) is 11.7. The molecule has 0 bridgehead atoms. The first-order chi connectivity index (χ1) is 14.7. The Kier molecular flexibility index (Phi) is 11.1. The van der Waals surface area contributed by atoms with Crippen molar-refractivity contribution in [3.05, 3.63) is 71.8 Å². The molecule has 2 rings (SSSR count). The SMILES string of the molecule is CCCNC(=O)C(CC)N(CCc1ccccc1)C(=O)CCSCc1ccccc1. The van der Waals surface area contributed by atoms with E-state index >= 15 is 0 Å². The molecule has 1 unspecified atom stereocenters. The summed E-state index contributed by atoms with van der Waals surface area (Å²) in [4.78, 5) is 27.6. The highest BCUT2D eigenvalue weighted by atomic mass is 32.2. The predicted octanol–water partition coefficient (Wildman–Crippen LogP) is 4.69. The summed E-state index contributed by atoms with van der Waals surface area (Å²) in [7, 11) is 0. The van der Waals surface area contributed by atoms with Crippen molar-refractivity contribution in [3.63, 3.8) is 0 Å². The molecule has 0 radical (unpaired) electrons. The van der Waals surface area contributed by atoms with Crippen molar-refractivity contribution >= 4 is 23.6 Å². The highest BCUT2D eigenvalue weighted by Crippen LogP contribution is 2.16. The second-order valence-electron chi connectivity index (χ2n) is 7.33. The van der Waals surface area contributed by atoms with Gasteiger partial charge in [-0.05, 0) is 30.4 Å². The van der Waals surface area contributed by atoms with Crippen LogP contribution in [0.4, 0.5) is 0 Å². The van der Waals surface area contributed by atoms with Gasteiger partial charge < -0.3 is 10.2 Å². The van der Waals surface area contributed by atoms with E-state index in [1.54, 1.807) is 16.7 Å². The number of nitrogens with zero attached hydrogens (tertiary/aromatic N) is 1. The minimum Gasteiger partial charge on any atom is -0.354 e. The van der Waals surface area contributed by atoms with E-state index in [2.05, 4.69) is 29.6 Å². The van der Waals surface area contributed by atoms with E-state index in [1.807, 2.05) is 50.2 Å². The first-order valence-corrected chi connectivity index (χ1v) is 12.0. The Morgan fingerprint density at radius 1 is 0.967 bits per heavy atom. The first kappa shape index (κ1) is 24.0. The van der Waals surface area contributed by atoms with E-state index in [9.17, 15) is 9.59 Å². The fourth-order valence-corrected chi connectivity index (χ4v) is 4.22. The molecule has 0 heterocycles. The van der Waals surface area contributed by atoms with Crippen molar-refractivity contribution in [2.75, 3.05) is 18.8 Å². The van der Waals surface area contributed by atoms with Gasteiger partial charge in [-0.15, -0.1) is 0 Å². The number of hydrogen-bond acceptors (Lipinski definition) is 3. The van der Waals surface area contributed by atoms with Crippen molar-refractivity contribution in [2.45, 2.75) is 51.3 Å². The molecule has 0 aliphatic heterocycles. The molecule has 2 aromatic rings. The van der Waals surface area contributed by atoms with Gasteiger partial charge in [0, 0.05) is 31.0 Å². The maximum atomic E-state index is 13.1. The lowest BCUT2D eigenvalue weighted by molar-refractivity contribution is -0.140. The van der Waals surface area contributed by atoms with E-state index in [0.717, 1.165) is 24.3 Å². The third-order valence-corrected chi connectivity index (χ3v) is 6.02. The van der Waals surface area contributed by atoms with Gasteiger partial charge in [-0.1, -0.05) is 74.5 Å². The van der Waals surface area contributed by atoms with Crippen molar-refractivity contribution < 1.29 is 9.59 Å². The van der Waals surface area contributed by atoms with Crippen LogP contribution in [0, 0.1) is 0 Å². The molecule has 0 spiro atoms. The van der Waals surface area contributed by atoms with Crippen molar-refractivity contribution in [1.82, 2.24) is 10.2 Å². The Morgan fingerprint density at radius 2 is 1.60 bits per heavy atom. The molecule has 0 aliphatic rings. The van der Waals surface area contributed by atoms with Crippen molar-refractivity contribution in [3.8, 4) is 0 Å². The zero-order valence-electron chi connectivity index (χ0n) is 18.2. The fourth-order valence-electron chi connectivity index (χ4n) is 3.33. The van der Waals surface area contributed by atoms with Crippen LogP contribution < -0.4 is 5.32 Å². The third-order valence-electron chi connectivity index (χ3n) is 4.99. The van der Waals surface area contributed by atoms with Crippen LogP contribution in [-0.2, 0) is 21.8 Å². The number of amides is 2. The highest BCUT2D eigenvalue weighted by molar-refractivity contribution is 7.98. The lowest BCUT2D eigenvalue weighted by Crippen LogP contribution is -2.50. The second-order valence-corrected chi connectivity index (χ2v) is 8.43. The Balaban J connectivity index is 1.96. The Bertz CT molecular complexity index is 752. The molecule has 2 aromatic carbocycles. The van der Waals surface area contributed by atoms with Gasteiger partial charge in [0.1, 0.15) is 6.04 Å². The van der Waals surface area contributed by atoms with E-state index < -0.39 is 6.04 Å². The molecule has 0 saturated heterocycles. The summed E-state index contributed by atoms with van der Waals surface area (Å²) in [5, 5.41) is 2.97. The number of hydrogen-bond donors (Lipinski definition) is 1. The maximum Gasteiger partial charge on any atom is 0.242 e. The van der Waals surface area contributed by atoms with E-state index in [0.29, 0.717) is 25.9 Å². The lowest BCUT2D eigenvalue weighted by atomic mass is 10.1. The number of rotatable bonds is 13. The van der Waals surface area contributed by atoms with E-state index in [1.165, 1.54) is 11.1 Å². The lowest BCUT2D eigenvalue weighted by Gasteiger charge is -2.30. The van der Waals surface area contributed by atoms with Gasteiger partial charge >= 0.3 is 0 Å². The smallest absolute Gasteiger partial charge is 0.242 e. The van der Waals surface area contributed by atoms with Gasteiger partial charge in [0.05, 0.1) is 0 Å². The fraction of sp³-hybridized carbons (Fsp3) is 0.440. The Labute approximate surface area is 185 Å². The van der Waals surface area contributed by atoms with Gasteiger partial charge in [-0.25, -0.2) is 0 Å². The van der Waals surface area contributed by atoms with Crippen molar-refractivity contribution in [1.29, 1.82) is 0 Å². The predicted molar refractivity (Wildman–Crippen MR) is 126 cm³/mol. The summed E-state index contributed by atoms with van der Waals surface area (Å²) in [5.41, 5.74) is 2.44. The maximum absolute atomic E-state index is 13.1. The van der Waals surface area contributed by atoms with Gasteiger partial charge in [0.25, 0.3) is 0 Å². The minimum absolute atomic E-state index is 0.0438. The van der Waals surface area contributed by atoms with Gasteiger partial charge in [0.15, 0.2) is 0 Å². The van der Waals surface area contributed by atoms with Crippen LogP contribution in [0.3, 0.4) is 0 Å². The molecule has 162 valence electrons. The van der Waals surface area contributed by atoms with Crippen LogP contribution in [0.5, 0.6) is 0 Å². The molecule has 2 amide bonds. The number of carbonyl (C=O) groups is 2. The second kappa shape index (κ2) is 13.9. The first-order valence-electron chi connectivity index (χ1n) is 10.9. The van der Waals surface area contributed by atoms with Crippen LogP contribution in [0.2, 0.25) is 0 Å². The highest BCUT2D eigenvalue weighted by Gasteiger charge is 2.27. The Morgan fingerprint density at radius 3 is 2.20 bits per heavy atom. The summed E-state index contributed by atoms with van der Waals surface area (Å²) in [6.45, 7) is 5.21. The summed E-state index contributed by atoms with van der Waals surface area (Å²) in [6, 6.07) is 20.0. The molecule has 0 saturated carbocycles. The molecule has 0 fully saturated rings. The van der Waals surface area contributed by atoms with Crippen molar-refractivity contribution in [2.24, 2.45) is 0 Å². The average molecular weight is 427 g/mol. The van der Waals surface area contributed by atoms with Crippen LogP contribution >= 0.6 is 11.8 Å². The van der Waals surface area contributed by atoms with Gasteiger partial charge in [-0.2, -0.15) is 11.8 Å². The molecular weight excluding hydrogens is 392 g/mol. The van der Waals surface area contributed by atoms with Crippen LogP contribution in [-0.4, -0.2) is 41.6 Å². The quantitative estimate of drug-likeness (QED) is 0.473. The molecule has 30 heavy (non-hydrogen) atoms. The molecular formula is C25H34N2O2S. The van der Waals surface area contributed by atoms with Gasteiger partial charge in [0.2, 0.25) is 11.8 Å². The summed E-state index contributed by atoms with van der Waals surface area (Å²) < 4.78 is 0. The average Bonchev–Trinajstić information content (AvgIpc) is 2.79. The molecule has 1 atom stereocenters. The number of nitrogens with one attached hydrogen (secondary N) is 1. The zero-order valence-corrected chi connectivity index (χ0v) is 19.0. The van der Waals surface area contributed by atoms with E-state index in [-0.39, 0.29) is 11.8 Å². The monoisotopic (exact) mass is 426 g/mol. The molecule has 1 N–H and O–H groups in total. The molecule has 0 aromatic heterocycles. The third kappa shape index (κ3) is 8.23. The summed E-state index contributed by atoms with van der Waals surface area (Å²) in [5.74, 6) is 1.66. The number of thioether (sulfide) groups is 1. The topological polar surface area (TPSA) is 49.4 Å². The van der Waals surface area contributed by atoms with Crippen LogP contribution in [0.15, 0.2) is 60.7 Å². The zero-order chi connectivity index (χ0) is 21.6. The number of carbonyl (C=O) groups excluding carboxylic acids is 2. The van der Waals surface area contributed by atoms with Crippen LogP contribution in [0.1, 0.15) is 44.2 Å². The van der Waals surface area contributed by atoms with Crippen LogP contribution in [0.25, 0.3) is 0 Å². The largest absolute Gasteiger partial charge is 0.354 e. The van der Waals surface area contributed by atoms with Gasteiger partial charge in [-0.3, -0.25) is 9.59 Å². The molecule has 0 aliphatic carbocycles. The van der Waals surface area contributed by atoms with E-state index in [4.69, 9.17) is 0 Å². The molecule has 5 heteroatoms. The minimum atomic E-state index is -0.410. The number of benzene rings is 2. The standard InChI is InChI=1S/C25H34N2O2S/c1-3-17-26-25(29)23(4-2)27(18-15-21-11-7-5-8-12-21)24(28)16-19-30-20-22-13-9-6-10-14-22/h5-14,23H,3-4,15-20H2,1-2H3,(H,26,29). The molecule has 4 nitrogen and oxygen atoms in total.